The van der Waals surface area contributed by atoms with Crippen molar-refractivity contribution in [2.24, 2.45) is 0 Å². The van der Waals surface area contributed by atoms with Crippen molar-refractivity contribution >= 4 is 10.0 Å². The second-order valence-corrected chi connectivity index (χ2v) is 6.66. The van der Waals surface area contributed by atoms with Crippen molar-refractivity contribution in [2.45, 2.75) is 24.8 Å². The van der Waals surface area contributed by atoms with E-state index in [0.717, 1.165) is 11.1 Å². The van der Waals surface area contributed by atoms with E-state index < -0.39 is 10.0 Å². The molecule has 1 aromatic carbocycles. The van der Waals surface area contributed by atoms with Gasteiger partial charge < -0.3 is 10.1 Å². The van der Waals surface area contributed by atoms with Crippen LogP contribution in [-0.4, -0.2) is 47.1 Å². The minimum Gasteiger partial charge on any atom is -0.383 e. The first kappa shape index (κ1) is 17.1. The van der Waals surface area contributed by atoms with E-state index >= 15 is 0 Å². The van der Waals surface area contributed by atoms with Gasteiger partial charge in [-0.2, -0.15) is 4.31 Å². The van der Waals surface area contributed by atoms with Crippen LogP contribution >= 0.6 is 0 Å². The van der Waals surface area contributed by atoms with Gasteiger partial charge in [0.2, 0.25) is 10.0 Å². The van der Waals surface area contributed by atoms with Gasteiger partial charge in [0.1, 0.15) is 0 Å². The van der Waals surface area contributed by atoms with E-state index in [9.17, 15) is 8.42 Å². The topological polar surface area (TPSA) is 58.6 Å². The highest BCUT2D eigenvalue weighted by Crippen LogP contribution is 2.21. The highest BCUT2D eigenvalue weighted by atomic mass is 32.2. The minimum absolute atomic E-state index is 0.345. The number of nitrogens with one attached hydrogen (secondary N) is 1. The molecule has 1 N–H and O–H groups in total. The lowest BCUT2D eigenvalue weighted by atomic mass is 10.1. The fourth-order valence-corrected chi connectivity index (χ4v) is 3.45. The normalized spacial score (nSPS) is 12.1. The van der Waals surface area contributed by atoms with Gasteiger partial charge in [0.05, 0.1) is 11.5 Å². The molecule has 0 saturated heterocycles. The Labute approximate surface area is 122 Å². The zero-order chi connectivity index (χ0) is 15.2. The number of ether oxygens (including phenoxy) is 1. The van der Waals surface area contributed by atoms with Crippen LogP contribution in [0.25, 0.3) is 0 Å². The van der Waals surface area contributed by atoms with Crippen molar-refractivity contribution < 1.29 is 13.2 Å². The molecule has 114 valence electrons. The quantitative estimate of drug-likeness (QED) is 0.784. The maximum absolute atomic E-state index is 12.6. The maximum Gasteiger partial charge on any atom is 0.243 e. The van der Waals surface area contributed by atoms with Gasteiger partial charge in [0, 0.05) is 27.2 Å². The van der Waals surface area contributed by atoms with Gasteiger partial charge in [0.25, 0.3) is 0 Å². The van der Waals surface area contributed by atoms with E-state index in [1.165, 1.54) is 4.31 Å². The molecule has 0 aliphatic carbocycles. The van der Waals surface area contributed by atoms with E-state index in [1.807, 2.05) is 26.1 Å². The monoisotopic (exact) mass is 300 g/mol. The molecule has 0 spiro atoms. The van der Waals surface area contributed by atoms with Crippen molar-refractivity contribution in [3.05, 3.63) is 29.3 Å². The van der Waals surface area contributed by atoms with Crippen molar-refractivity contribution in [1.29, 1.82) is 0 Å². The number of methoxy groups -OCH3 is 1. The molecule has 0 saturated carbocycles. The molecule has 6 heteroatoms. The van der Waals surface area contributed by atoms with Gasteiger partial charge in [-0.25, -0.2) is 8.42 Å². The van der Waals surface area contributed by atoms with Gasteiger partial charge in [-0.3, -0.25) is 0 Å². The largest absolute Gasteiger partial charge is 0.383 e. The van der Waals surface area contributed by atoms with Crippen LogP contribution in [0.1, 0.15) is 18.1 Å². The van der Waals surface area contributed by atoms with Gasteiger partial charge >= 0.3 is 0 Å². The highest BCUT2D eigenvalue weighted by molar-refractivity contribution is 7.89. The number of hydrogen-bond acceptors (Lipinski definition) is 4. The SMILES string of the molecule is CCc1ccc(CNC)cc1S(=O)(=O)N(C)CCOC. The van der Waals surface area contributed by atoms with Crippen LogP contribution in [0, 0.1) is 0 Å². The summed E-state index contributed by atoms with van der Waals surface area (Å²) in [6.45, 7) is 3.33. The third kappa shape index (κ3) is 4.02. The summed E-state index contributed by atoms with van der Waals surface area (Å²) in [4.78, 5) is 0.395. The van der Waals surface area contributed by atoms with Crippen LogP contribution in [0.2, 0.25) is 0 Å². The Morgan fingerprint density at radius 1 is 1.35 bits per heavy atom. The molecule has 0 bridgehead atoms. The molecule has 0 aromatic heterocycles. The van der Waals surface area contributed by atoms with E-state index in [0.29, 0.717) is 31.0 Å². The fourth-order valence-electron chi connectivity index (χ4n) is 1.95. The Bertz CT molecular complexity index is 529. The molecule has 0 aliphatic heterocycles. The lowest BCUT2D eigenvalue weighted by Crippen LogP contribution is -2.31. The van der Waals surface area contributed by atoms with Crippen LogP contribution in [0.15, 0.2) is 23.1 Å². The second-order valence-electron chi connectivity index (χ2n) is 4.65. The Balaban J connectivity index is 3.17. The third-order valence-electron chi connectivity index (χ3n) is 3.19. The molecule has 0 radical (unpaired) electrons. The second kappa shape index (κ2) is 7.73. The molecule has 0 unspecified atom stereocenters. The predicted molar refractivity (Wildman–Crippen MR) is 80.3 cm³/mol. The molecule has 5 nitrogen and oxygen atoms in total. The Kier molecular flexibility index (Phi) is 6.61. The van der Waals surface area contributed by atoms with Gasteiger partial charge in [0.15, 0.2) is 0 Å². The van der Waals surface area contributed by atoms with E-state index in [4.69, 9.17) is 4.74 Å². The Morgan fingerprint density at radius 2 is 2.05 bits per heavy atom. The van der Waals surface area contributed by atoms with Crippen LogP contribution in [0.5, 0.6) is 0 Å². The van der Waals surface area contributed by atoms with Crippen LogP contribution in [-0.2, 0) is 27.7 Å². The van der Waals surface area contributed by atoms with Crippen LogP contribution in [0.4, 0.5) is 0 Å². The average Bonchev–Trinajstić information content (AvgIpc) is 2.44. The minimum atomic E-state index is -3.47. The van der Waals surface area contributed by atoms with Gasteiger partial charge in [-0.15, -0.1) is 0 Å². The Morgan fingerprint density at radius 3 is 2.60 bits per heavy atom. The number of likely N-dealkylation sites (N-methyl/N-ethyl adjacent to an activating group) is 1. The number of benzene rings is 1. The van der Waals surface area contributed by atoms with Crippen molar-refractivity contribution in [2.75, 3.05) is 34.4 Å². The average molecular weight is 300 g/mol. The number of hydrogen-bond donors (Lipinski definition) is 1. The summed E-state index contributed by atoms with van der Waals surface area (Å²) in [5.41, 5.74) is 1.80. The molecule has 20 heavy (non-hydrogen) atoms. The summed E-state index contributed by atoms with van der Waals surface area (Å²) in [5.74, 6) is 0. The molecule has 0 fully saturated rings. The summed E-state index contributed by atoms with van der Waals surface area (Å²) in [6, 6.07) is 5.61. The first-order chi connectivity index (χ1) is 9.47. The zero-order valence-corrected chi connectivity index (χ0v) is 13.5. The molecule has 0 atom stereocenters. The number of aryl methyl sites for hydroxylation is 1. The van der Waals surface area contributed by atoms with E-state index in [-0.39, 0.29) is 0 Å². The molecule has 0 amide bonds. The zero-order valence-electron chi connectivity index (χ0n) is 12.6. The van der Waals surface area contributed by atoms with Gasteiger partial charge in [-0.1, -0.05) is 19.1 Å². The molecule has 1 rings (SSSR count). The highest BCUT2D eigenvalue weighted by Gasteiger charge is 2.23. The first-order valence-corrected chi connectivity index (χ1v) is 8.13. The first-order valence-electron chi connectivity index (χ1n) is 6.69. The van der Waals surface area contributed by atoms with Crippen molar-refractivity contribution in [1.82, 2.24) is 9.62 Å². The predicted octanol–water partition coefficient (Wildman–Crippen LogP) is 1.24. The lowest BCUT2D eigenvalue weighted by molar-refractivity contribution is 0.185. The number of rotatable bonds is 8. The molecule has 1 aromatic rings. The third-order valence-corrected chi connectivity index (χ3v) is 5.13. The summed E-state index contributed by atoms with van der Waals surface area (Å²) in [5, 5.41) is 3.04. The molecule has 0 heterocycles. The van der Waals surface area contributed by atoms with E-state index in [2.05, 4.69) is 5.32 Å². The lowest BCUT2D eigenvalue weighted by Gasteiger charge is -2.19. The summed E-state index contributed by atoms with van der Waals surface area (Å²) in [6.07, 6.45) is 0.687. The van der Waals surface area contributed by atoms with Crippen molar-refractivity contribution in [3.8, 4) is 0 Å². The number of sulfonamides is 1. The summed E-state index contributed by atoms with van der Waals surface area (Å²) >= 11 is 0. The molecular weight excluding hydrogens is 276 g/mol. The summed E-state index contributed by atoms with van der Waals surface area (Å²) in [7, 11) is 1.51. The maximum atomic E-state index is 12.6. The summed E-state index contributed by atoms with van der Waals surface area (Å²) < 4.78 is 31.5. The smallest absolute Gasteiger partial charge is 0.243 e. The Hall–Kier alpha value is -0.950. The van der Waals surface area contributed by atoms with E-state index in [1.54, 1.807) is 20.2 Å². The standard InChI is InChI=1S/C14H24N2O3S/c1-5-13-7-6-12(11-15-2)10-14(13)20(17,18)16(3)8-9-19-4/h6-7,10,15H,5,8-9,11H2,1-4H3. The number of nitrogens with zero attached hydrogens (tertiary/aromatic N) is 1. The van der Waals surface area contributed by atoms with Crippen LogP contribution < -0.4 is 5.32 Å². The fraction of sp³-hybridized carbons (Fsp3) is 0.571. The molecule has 0 aliphatic rings. The van der Waals surface area contributed by atoms with Crippen LogP contribution in [0.3, 0.4) is 0 Å². The van der Waals surface area contributed by atoms with Crippen molar-refractivity contribution in [3.63, 3.8) is 0 Å². The van der Waals surface area contributed by atoms with Gasteiger partial charge in [-0.05, 0) is 30.7 Å². The molecular formula is C14H24N2O3S.